The van der Waals surface area contributed by atoms with Gasteiger partial charge in [0.15, 0.2) is 6.10 Å². The molecule has 0 aliphatic rings. The van der Waals surface area contributed by atoms with Crippen LogP contribution in [-0.2, 0) is 28.6 Å². The van der Waals surface area contributed by atoms with Gasteiger partial charge in [-0.3, -0.25) is 14.4 Å². The third kappa shape index (κ3) is 57.2. The summed E-state index contributed by atoms with van der Waals surface area (Å²) in [5.74, 6) is -0.881. The summed E-state index contributed by atoms with van der Waals surface area (Å²) in [6, 6.07) is 0. The first-order valence-electron chi connectivity index (χ1n) is 30.2. The lowest BCUT2D eigenvalue weighted by Crippen LogP contribution is -2.30. The molecule has 1 atom stereocenters. The van der Waals surface area contributed by atoms with Crippen LogP contribution in [0.3, 0.4) is 0 Å². The normalized spacial score (nSPS) is 12.8. The van der Waals surface area contributed by atoms with E-state index in [2.05, 4.69) is 118 Å². The van der Waals surface area contributed by atoms with Gasteiger partial charge in [-0.1, -0.05) is 279 Å². The molecule has 1 unspecified atom stereocenters. The van der Waals surface area contributed by atoms with Gasteiger partial charge in [0.1, 0.15) is 13.2 Å². The average Bonchev–Trinajstić information content (AvgIpc) is 3.38. The Morgan fingerprint density at radius 2 is 0.542 bits per heavy atom. The average molecular weight is 1000 g/mol. The van der Waals surface area contributed by atoms with Crippen molar-refractivity contribution in [3.63, 3.8) is 0 Å². The molecule has 0 aliphatic carbocycles. The molecule has 0 aliphatic heterocycles. The molecule has 6 nitrogen and oxygen atoms in total. The van der Waals surface area contributed by atoms with Crippen LogP contribution in [0.15, 0.2) is 97.2 Å². The highest BCUT2D eigenvalue weighted by atomic mass is 16.6. The Balaban J connectivity index is 4.14. The Morgan fingerprint density at radius 3 is 0.847 bits per heavy atom. The fraction of sp³-hybridized carbons (Fsp3) is 0.712. The molecule has 0 saturated carbocycles. The monoisotopic (exact) mass is 1000 g/mol. The predicted octanol–water partition coefficient (Wildman–Crippen LogP) is 20.5. The van der Waals surface area contributed by atoms with Crippen molar-refractivity contribution >= 4 is 17.9 Å². The van der Waals surface area contributed by atoms with Gasteiger partial charge in [-0.15, -0.1) is 0 Å². The van der Waals surface area contributed by atoms with Crippen molar-refractivity contribution in [2.24, 2.45) is 0 Å². The summed E-state index contributed by atoms with van der Waals surface area (Å²) < 4.78 is 16.8. The summed E-state index contributed by atoms with van der Waals surface area (Å²) in [6.07, 6.45) is 79.9. The van der Waals surface area contributed by atoms with E-state index in [4.69, 9.17) is 14.2 Å². The van der Waals surface area contributed by atoms with Crippen molar-refractivity contribution < 1.29 is 28.6 Å². The third-order valence-corrected chi connectivity index (χ3v) is 12.9. The van der Waals surface area contributed by atoms with Gasteiger partial charge in [-0.05, 0) is 83.5 Å². The largest absolute Gasteiger partial charge is 0.462 e. The van der Waals surface area contributed by atoms with Crippen molar-refractivity contribution in [1.82, 2.24) is 0 Å². The maximum atomic E-state index is 12.8. The van der Waals surface area contributed by atoms with Crippen LogP contribution in [0.2, 0.25) is 0 Å². The maximum Gasteiger partial charge on any atom is 0.306 e. The van der Waals surface area contributed by atoms with Crippen LogP contribution in [0.25, 0.3) is 0 Å². The minimum Gasteiger partial charge on any atom is -0.462 e. The highest BCUT2D eigenvalue weighted by molar-refractivity contribution is 5.71. The second-order valence-corrected chi connectivity index (χ2v) is 19.9. The van der Waals surface area contributed by atoms with E-state index in [9.17, 15) is 14.4 Å². The highest BCUT2D eigenvalue weighted by Crippen LogP contribution is 2.16. The number of rotatable bonds is 54. The fourth-order valence-corrected chi connectivity index (χ4v) is 8.34. The van der Waals surface area contributed by atoms with Crippen LogP contribution in [0.5, 0.6) is 0 Å². The Hall–Kier alpha value is -3.67. The van der Waals surface area contributed by atoms with Crippen molar-refractivity contribution in [2.45, 2.75) is 290 Å². The molecule has 0 amide bonds. The number of carbonyl (C=O) groups is 3. The molecule has 0 spiro atoms. The van der Waals surface area contributed by atoms with Crippen LogP contribution < -0.4 is 0 Å². The third-order valence-electron chi connectivity index (χ3n) is 12.9. The van der Waals surface area contributed by atoms with Gasteiger partial charge < -0.3 is 14.2 Å². The summed E-state index contributed by atoms with van der Waals surface area (Å²) in [5, 5.41) is 0. The van der Waals surface area contributed by atoms with Gasteiger partial charge in [0.05, 0.1) is 0 Å². The Labute approximate surface area is 445 Å². The Bertz CT molecular complexity index is 1430. The van der Waals surface area contributed by atoms with E-state index in [1.165, 1.54) is 128 Å². The number of ether oxygens (including phenoxy) is 3. The standard InChI is InChI=1S/C66H112O6/c1-4-7-10-13-16-19-21-23-24-25-26-27-28-29-30-31-32-33-34-35-36-37-38-39-40-41-42-43-45-47-50-53-56-59-65(68)71-62-63(61-70-64(67)58-55-52-49-46-18-15-12-9-6-3)72-66(69)60-57-54-51-48-44-22-20-17-14-11-8-5-2/h7,10,16,19,23-24,26-27,29-30,32-33,35-36,38-39,63H,4-6,8-9,11-15,17-18,20-22,25,28,31,34,37,40-62H2,1-3H3/b10-7-,19-16-,24-23-,27-26-,30-29-,33-32-,36-35-,39-38-. The van der Waals surface area contributed by atoms with Gasteiger partial charge in [-0.2, -0.15) is 0 Å². The zero-order valence-electron chi connectivity index (χ0n) is 47.2. The number of esters is 3. The second-order valence-electron chi connectivity index (χ2n) is 19.9. The maximum absolute atomic E-state index is 12.8. The first-order valence-corrected chi connectivity index (χ1v) is 30.2. The van der Waals surface area contributed by atoms with Crippen LogP contribution >= 0.6 is 0 Å². The smallest absolute Gasteiger partial charge is 0.306 e. The molecule has 0 saturated heterocycles. The topological polar surface area (TPSA) is 78.9 Å². The molecule has 6 heteroatoms. The predicted molar refractivity (Wildman–Crippen MR) is 311 cm³/mol. The number of unbranched alkanes of at least 4 members (excludes halogenated alkanes) is 27. The zero-order chi connectivity index (χ0) is 52.2. The van der Waals surface area contributed by atoms with E-state index in [1.54, 1.807) is 0 Å². The summed E-state index contributed by atoms with van der Waals surface area (Å²) in [7, 11) is 0. The van der Waals surface area contributed by atoms with Crippen LogP contribution in [0.4, 0.5) is 0 Å². The van der Waals surface area contributed by atoms with Crippen molar-refractivity contribution in [3.05, 3.63) is 97.2 Å². The molecule has 412 valence electrons. The second kappa shape index (κ2) is 59.9. The molecular weight excluding hydrogens is 889 g/mol. The summed E-state index contributed by atoms with van der Waals surface area (Å²) in [6.45, 7) is 6.50. The molecule has 0 heterocycles. The molecule has 72 heavy (non-hydrogen) atoms. The van der Waals surface area contributed by atoms with Crippen LogP contribution in [0.1, 0.15) is 284 Å². The molecule has 0 aromatic carbocycles. The number of hydrogen-bond donors (Lipinski definition) is 0. The first kappa shape index (κ1) is 68.3. The molecule has 0 aromatic heterocycles. The molecule has 0 fully saturated rings. The van der Waals surface area contributed by atoms with Crippen molar-refractivity contribution in [1.29, 1.82) is 0 Å². The molecule has 0 N–H and O–H groups in total. The quantitative estimate of drug-likeness (QED) is 0.0261. The van der Waals surface area contributed by atoms with E-state index in [-0.39, 0.29) is 31.1 Å². The summed E-state index contributed by atoms with van der Waals surface area (Å²) >= 11 is 0. The van der Waals surface area contributed by atoms with E-state index >= 15 is 0 Å². The van der Waals surface area contributed by atoms with Crippen molar-refractivity contribution in [2.75, 3.05) is 13.2 Å². The number of carbonyl (C=O) groups excluding carboxylic acids is 3. The fourth-order valence-electron chi connectivity index (χ4n) is 8.34. The molecule has 0 radical (unpaired) electrons. The van der Waals surface area contributed by atoms with E-state index in [1.807, 2.05) is 0 Å². The van der Waals surface area contributed by atoms with Crippen LogP contribution in [-0.4, -0.2) is 37.2 Å². The van der Waals surface area contributed by atoms with E-state index < -0.39 is 6.10 Å². The van der Waals surface area contributed by atoms with Gasteiger partial charge in [0.25, 0.3) is 0 Å². The van der Waals surface area contributed by atoms with E-state index in [0.29, 0.717) is 19.3 Å². The lowest BCUT2D eigenvalue weighted by Gasteiger charge is -2.18. The zero-order valence-corrected chi connectivity index (χ0v) is 47.2. The molecular formula is C66H112O6. The van der Waals surface area contributed by atoms with Gasteiger partial charge in [-0.25, -0.2) is 0 Å². The number of hydrogen-bond acceptors (Lipinski definition) is 6. The minimum absolute atomic E-state index is 0.0757. The number of allylic oxidation sites excluding steroid dienone is 16. The Morgan fingerprint density at radius 1 is 0.292 bits per heavy atom. The van der Waals surface area contributed by atoms with Crippen LogP contribution in [0, 0.1) is 0 Å². The molecule has 0 aromatic rings. The summed E-state index contributed by atoms with van der Waals surface area (Å²) in [4.78, 5) is 38.0. The van der Waals surface area contributed by atoms with Gasteiger partial charge >= 0.3 is 17.9 Å². The molecule has 0 rings (SSSR count). The Kier molecular flexibility index (Phi) is 56.8. The SMILES string of the molecule is CC/C=C\C/C=C\C/C=C\C/C=C\C/C=C\C/C=C\C/C=C\C/C=C\CCCCCCCCCCC(=O)OCC(COC(=O)CCCCCCCCCCC)OC(=O)CCCCCCCCCCCCCC. The molecule has 0 bridgehead atoms. The van der Waals surface area contributed by atoms with Gasteiger partial charge in [0.2, 0.25) is 0 Å². The van der Waals surface area contributed by atoms with E-state index in [0.717, 1.165) is 116 Å². The van der Waals surface area contributed by atoms with Gasteiger partial charge in [0, 0.05) is 19.3 Å². The lowest BCUT2D eigenvalue weighted by molar-refractivity contribution is -0.167. The highest BCUT2D eigenvalue weighted by Gasteiger charge is 2.19. The first-order chi connectivity index (χ1) is 35.5. The summed E-state index contributed by atoms with van der Waals surface area (Å²) in [5.41, 5.74) is 0. The van der Waals surface area contributed by atoms with Crippen molar-refractivity contribution in [3.8, 4) is 0 Å². The minimum atomic E-state index is -0.775. The lowest BCUT2D eigenvalue weighted by atomic mass is 10.0.